The van der Waals surface area contributed by atoms with Crippen LogP contribution in [0.1, 0.15) is 10.4 Å². The van der Waals surface area contributed by atoms with Crippen molar-refractivity contribution in [3.05, 3.63) is 46.2 Å². The first kappa shape index (κ1) is 14.4. The predicted octanol–water partition coefficient (Wildman–Crippen LogP) is 4.40. The third kappa shape index (κ3) is 2.64. The Morgan fingerprint density at radius 1 is 1.15 bits per heavy atom. The second kappa shape index (κ2) is 6.47. The first-order chi connectivity index (χ1) is 9.72. The van der Waals surface area contributed by atoms with Crippen molar-refractivity contribution in [1.82, 2.24) is 0 Å². The number of ether oxygens (including phenoxy) is 2. The van der Waals surface area contributed by atoms with Crippen LogP contribution in [0, 0.1) is 11.3 Å². The molecule has 0 aliphatic carbocycles. The SMILES string of the molecule is COc1cccc(OC)c1C(Cl)=C(C#N)c1cccs1. The standard InChI is InChI=1S/C15H12ClNO2S/c1-18-11-5-3-6-12(19-2)14(11)15(16)10(9-17)13-7-4-8-20-13/h3-8H,1-2H3. The van der Waals surface area contributed by atoms with Gasteiger partial charge in [-0.25, -0.2) is 0 Å². The van der Waals surface area contributed by atoms with E-state index in [1.165, 1.54) is 11.3 Å². The molecule has 0 unspecified atom stereocenters. The van der Waals surface area contributed by atoms with Gasteiger partial charge >= 0.3 is 0 Å². The van der Waals surface area contributed by atoms with Gasteiger partial charge in [0.15, 0.2) is 0 Å². The number of allylic oxidation sites excluding steroid dienone is 1. The molecule has 1 aromatic heterocycles. The molecule has 0 atom stereocenters. The van der Waals surface area contributed by atoms with Gasteiger partial charge in [0, 0.05) is 4.88 Å². The van der Waals surface area contributed by atoms with Crippen molar-refractivity contribution in [2.45, 2.75) is 0 Å². The smallest absolute Gasteiger partial charge is 0.131 e. The van der Waals surface area contributed by atoms with Crippen LogP contribution >= 0.6 is 22.9 Å². The number of thiophene rings is 1. The van der Waals surface area contributed by atoms with Crippen LogP contribution in [0.4, 0.5) is 0 Å². The molecule has 0 radical (unpaired) electrons. The summed E-state index contributed by atoms with van der Waals surface area (Å²) >= 11 is 7.89. The van der Waals surface area contributed by atoms with E-state index >= 15 is 0 Å². The van der Waals surface area contributed by atoms with Crippen molar-refractivity contribution in [3.63, 3.8) is 0 Å². The Morgan fingerprint density at radius 2 is 1.80 bits per heavy atom. The van der Waals surface area contributed by atoms with Gasteiger partial charge in [0.2, 0.25) is 0 Å². The van der Waals surface area contributed by atoms with Gasteiger partial charge in [-0.15, -0.1) is 11.3 Å². The lowest BCUT2D eigenvalue weighted by atomic mass is 10.1. The zero-order valence-electron chi connectivity index (χ0n) is 11.0. The Labute approximate surface area is 126 Å². The van der Waals surface area contributed by atoms with E-state index in [0.29, 0.717) is 27.7 Å². The maximum atomic E-state index is 9.39. The molecule has 0 bridgehead atoms. The summed E-state index contributed by atoms with van der Waals surface area (Å²) in [5.74, 6) is 1.14. The first-order valence-corrected chi connectivity index (χ1v) is 7.03. The Bertz CT molecular complexity index is 649. The molecule has 0 saturated carbocycles. The van der Waals surface area contributed by atoms with Crippen molar-refractivity contribution in [3.8, 4) is 17.6 Å². The molecule has 5 heteroatoms. The van der Waals surface area contributed by atoms with E-state index in [0.717, 1.165) is 4.88 Å². The molecule has 2 aromatic rings. The number of nitrogens with zero attached hydrogens (tertiary/aromatic N) is 1. The largest absolute Gasteiger partial charge is 0.496 e. The Morgan fingerprint density at radius 3 is 2.25 bits per heavy atom. The number of halogens is 1. The van der Waals surface area contributed by atoms with Crippen LogP contribution in [0.15, 0.2) is 35.7 Å². The summed E-state index contributed by atoms with van der Waals surface area (Å²) in [5, 5.41) is 11.6. The van der Waals surface area contributed by atoms with Crippen molar-refractivity contribution >= 4 is 33.5 Å². The molecule has 1 aromatic carbocycles. The Hall–Kier alpha value is -1.96. The van der Waals surface area contributed by atoms with Gasteiger partial charge in [-0.2, -0.15) is 5.26 Å². The molecule has 102 valence electrons. The molecule has 20 heavy (non-hydrogen) atoms. The highest BCUT2D eigenvalue weighted by molar-refractivity contribution is 7.11. The van der Waals surface area contributed by atoms with Gasteiger partial charge in [0.25, 0.3) is 0 Å². The summed E-state index contributed by atoms with van der Waals surface area (Å²) < 4.78 is 10.6. The topological polar surface area (TPSA) is 42.2 Å². The lowest BCUT2D eigenvalue weighted by Crippen LogP contribution is -1.95. The van der Waals surface area contributed by atoms with Crippen LogP contribution in [-0.2, 0) is 0 Å². The van der Waals surface area contributed by atoms with Crippen LogP contribution in [0.25, 0.3) is 10.6 Å². The zero-order valence-corrected chi connectivity index (χ0v) is 12.6. The van der Waals surface area contributed by atoms with Crippen LogP contribution < -0.4 is 9.47 Å². The summed E-state index contributed by atoms with van der Waals surface area (Å²) in [6, 6.07) is 11.3. The molecule has 2 rings (SSSR count). The molecular formula is C15H12ClNO2S. The number of rotatable bonds is 4. The average Bonchev–Trinajstić information content (AvgIpc) is 3.00. The van der Waals surface area contributed by atoms with Gasteiger partial charge in [-0.1, -0.05) is 23.7 Å². The average molecular weight is 306 g/mol. The molecule has 0 aliphatic rings. The summed E-state index contributed by atoms with van der Waals surface area (Å²) in [5.41, 5.74) is 0.994. The minimum atomic E-state index is 0.323. The summed E-state index contributed by atoms with van der Waals surface area (Å²) in [6.07, 6.45) is 0. The molecule has 3 nitrogen and oxygen atoms in total. The lowest BCUT2D eigenvalue weighted by Gasteiger charge is -2.13. The summed E-state index contributed by atoms with van der Waals surface area (Å²) in [4.78, 5) is 0.811. The number of methoxy groups -OCH3 is 2. The molecule has 1 heterocycles. The van der Waals surface area contributed by atoms with E-state index in [1.54, 1.807) is 26.4 Å². The summed E-state index contributed by atoms with van der Waals surface area (Å²) in [6.45, 7) is 0. The monoisotopic (exact) mass is 305 g/mol. The third-order valence-electron chi connectivity index (χ3n) is 2.75. The first-order valence-electron chi connectivity index (χ1n) is 5.78. The number of benzene rings is 1. The zero-order chi connectivity index (χ0) is 14.5. The fourth-order valence-corrected chi connectivity index (χ4v) is 2.94. The molecule has 0 saturated heterocycles. The van der Waals surface area contributed by atoms with Gasteiger partial charge in [0.05, 0.1) is 30.4 Å². The fourth-order valence-electron chi connectivity index (χ4n) is 1.83. The predicted molar refractivity (Wildman–Crippen MR) is 82.1 cm³/mol. The highest BCUT2D eigenvalue weighted by Crippen LogP contribution is 2.41. The number of hydrogen-bond acceptors (Lipinski definition) is 4. The Balaban J connectivity index is 2.69. The van der Waals surface area contributed by atoms with Gasteiger partial charge in [-0.05, 0) is 23.6 Å². The van der Waals surface area contributed by atoms with Crippen LogP contribution in [0.2, 0.25) is 0 Å². The molecule has 0 amide bonds. The highest BCUT2D eigenvalue weighted by atomic mass is 35.5. The van der Waals surface area contributed by atoms with E-state index in [1.807, 2.05) is 23.6 Å². The van der Waals surface area contributed by atoms with E-state index in [4.69, 9.17) is 21.1 Å². The minimum Gasteiger partial charge on any atom is -0.496 e. The van der Waals surface area contributed by atoms with E-state index in [-0.39, 0.29) is 0 Å². The van der Waals surface area contributed by atoms with Crippen molar-refractivity contribution in [1.29, 1.82) is 5.26 Å². The van der Waals surface area contributed by atoms with E-state index < -0.39 is 0 Å². The van der Waals surface area contributed by atoms with Crippen LogP contribution in [-0.4, -0.2) is 14.2 Å². The van der Waals surface area contributed by atoms with Gasteiger partial charge in [-0.3, -0.25) is 0 Å². The summed E-state index contributed by atoms with van der Waals surface area (Å²) in [7, 11) is 3.11. The highest BCUT2D eigenvalue weighted by Gasteiger charge is 2.18. The molecular weight excluding hydrogens is 294 g/mol. The number of nitriles is 1. The molecule has 0 N–H and O–H groups in total. The van der Waals surface area contributed by atoms with Crippen molar-refractivity contribution in [2.24, 2.45) is 0 Å². The normalized spacial score (nSPS) is 11.5. The lowest BCUT2D eigenvalue weighted by molar-refractivity contribution is 0.392. The fraction of sp³-hybridized carbons (Fsp3) is 0.133. The van der Waals surface area contributed by atoms with Crippen molar-refractivity contribution in [2.75, 3.05) is 14.2 Å². The van der Waals surface area contributed by atoms with E-state index in [9.17, 15) is 5.26 Å². The maximum absolute atomic E-state index is 9.39. The molecule has 0 fully saturated rings. The maximum Gasteiger partial charge on any atom is 0.131 e. The second-order valence-corrected chi connectivity index (χ2v) is 5.14. The molecule has 0 aliphatic heterocycles. The third-order valence-corrected chi connectivity index (χ3v) is 4.01. The number of hydrogen-bond donors (Lipinski definition) is 0. The molecule has 0 spiro atoms. The minimum absolute atomic E-state index is 0.323. The van der Waals surface area contributed by atoms with Crippen LogP contribution in [0.5, 0.6) is 11.5 Å². The van der Waals surface area contributed by atoms with E-state index in [2.05, 4.69) is 6.07 Å². The Kier molecular flexibility index (Phi) is 4.67. The van der Waals surface area contributed by atoms with Crippen LogP contribution in [0.3, 0.4) is 0 Å². The van der Waals surface area contributed by atoms with Gasteiger partial charge in [0.1, 0.15) is 17.6 Å². The van der Waals surface area contributed by atoms with Crippen molar-refractivity contribution < 1.29 is 9.47 Å². The quantitative estimate of drug-likeness (QED) is 0.786. The van der Waals surface area contributed by atoms with Gasteiger partial charge < -0.3 is 9.47 Å². The second-order valence-electron chi connectivity index (χ2n) is 3.82.